The van der Waals surface area contributed by atoms with Crippen LogP contribution >= 0.6 is 15.9 Å². The van der Waals surface area contributed by atoms with Gasteiger partial charge in [-0.2, -0.15) is 0 Å². The Bertz CT molecular complexity index is 528. The quantitative estimate of drug-likeness (QED) is 0.836. The van der Waals surface area contributed by atoms with E-state index in [-0.39, 0.29) is 25.0 Å². The van der Waals surface area contributed by atoms with E-state index in [9.17, 15) is 14.3 Å². The molecule has 2 N–H and O–H groups in total. The number of amides is 1. The Hall–Kier alpha value is -1.18. The van der Waals surface area contributed by atoms with Gasteiger partial charge in [-0.1, -0.05) is 15.9 Å². The van der Waals surface area contributed by atoms with E-state index in [2.05, 4.69) is 21.2 Å². The molecule has 2 atom stereocenters. The molecule has 1 aliphatic rings. The molecule has 1 fully saturated rings. The highest BCUT2D eigenvalue weighted by Gasteiger charge is 2.39. The fourth-order valence-corrected chi connectivity index (χ4v) is 2.37. The lowest BCUT2D eigenvalue weighted by Gasteiger charge is -2.26. The van der Waals surface area contributed by atoms with Gasteiger partial charge in [0, 0.05) is 24.0 Å². The molecule has 0 aliphatic carbocycles. The van der Waals surface area contributed by atoms with E-state index >= 15 is 0 Å². The molecule has 21 heavy (non-hydrogen) atoms. The highest BCUT2D eigenvalue weighted by molar-refractivity contribution is 9.10. The van der Waals surface area contributed by atoms with Crippen LogP contribution in [0.15, 0.2) is 22.7 Å². The van der Waals surface area contributed by atoms with Gasteiger partial charge >= 0.3 is 0 Å². The summed E-state index contributed by atoms with van der Waals surface area (Å²) in [5.74, 6) is -0.969. The number of rotatable bonds is 5. The molecule has 0 saturated carbocycles. The van der Waals surface area contributed by atoms with E-state index in [1.54, 1.807) is 13.0 Å². The van der Waals surface area contributed by atoms with Gasteiger partial charge in [-0.3, -0.25) is 4.79 Å². The van der Waals surface area contributed by atoms with Crippen molar-refractivity contribution in [3.63, 3.8) is 0 Å². The molecular weight excluding hydrogens is 345 g/mol. The first kappa shape index (κ1) is 16.2. The van der Waals surface area contributed by atoms with Crippen LogP contribution in [0.2, 0.25) is 0 Å². The third-order valence-electron chi connectivity index (χ3n) is 3.50. The summed E-state index contributed by atoms with van der Waals surface area (Å²) in [6.45, 7) is 1.99. The van der Waals surface area contributed by atoms with Gasteiger partial charge in [-0.15, -0.1) is 0 Å². The minimum Gasteiger partial charge on any atom is -0.481 e. The van der Waals surface area contributed by atoms with Gasteiger partial charge in [0.25, 0.3) is 5.91 Å². The number of carbonyl (C=O) groups excluding carboxylic acids is 1. The lowest BCUT2D eigenvalue weighted by Crippen LogP contribution is -2.48. The number of aliphatic hydroxyl groups is 1. The summed E-state index contributed by atoms with van der Waals surface area (Å²) in [6, 6.07) is 4.32. The molecule has 1 aromatic carbocycles. The Morgan fingerprint density at radius 2 is 2.43 bits per heavy atom. The van der Waals surface area contributed by atoms with Gasteiger partial charge in [0.15, 0.2) is 18.2 Å². The van der Waals surface area contributed by atoms with Crippen LogP contribution < -0.4 is 10.1 Å². The van der Waals surface area contributed by atoms with Crippen molar-refractivity contribution in [2.75, 3.05) is 19.8 Å². The van der Waals surface area contributed by atoms with Gasteiger partial charge < -0.3 is 19.9 Å². The first-order valence-corrected chi connectivity index (χ1v) is 7.38. The maximum atomic E-state index is 13.5. The van der Waals surface area contributed by atoms with Gasteiger partial charge in [0.1, 0.15) is 5.60 Å². The normalized spacial score (nSPS) is 24.9. The lowest BCUT2D eigenvalue weighted by molar-refractivity contribution is -0.125. The van der Waals surface area contributed by atoms with Gasteiger partial charge in [-0.05, 0) is 25.1 Å². The average molecular weight is 362 g/mol. The maximum Gasteiger partial charge on any atom is 0.258 e. The van der Waals surface area contributed by atoms with Gasteiger partial charge in [0.05, 0.1) is 6.10 Å². The number of ether oxygens (including phenoxy) is 2. The van der Waals surface area contributed by atoms with Crippen LogP contribution in [0.1, 0.15) is 13.3 Å². The van der Waals surface area contributed by atoms with E-state index in [0.717, 1.165) is 0 Å². The Labute approximate surface area is 130 Å². The summed E-state index contributed by atoms with van der Waals surface area (Å²) >= 11 is 3.14. The van der Waals surface area contributed by atoms with Crippen molar-refractivity contribution in [3.05, 3.63) is 28.5 Å². The Balaban J connectivity index is 1.80. The zero-order valence-electron chi connectivity index (χ0n) is 11.6. The smallest absolute Gasteiger partial charge is 0.258 e. The predicted octanol–water partition coefficient (Wildman–Crippen LogP) is 1.62. The summed E-state index contributed by atoms with van der Waals surface area (Å²) in [6.07, 6.45) is 0.138. The third-order valence-corrected chi connectivity index (χ3v) is 4.00. The molecule has 7 heteroatoms. The van der Waals surface area contributed by atoms with Crippen LogP contribution in [0.5, 0.6) is 5.75 Å². The zero-order chi connectivity index (χ0) is 15.5. The van der Waals surface area contributed by atoms with E-state index in [1.165, 1.54) is 12.1 Å². The minimum absolute atomic E-state index is 0.00429. The van der Waals surface area contributed by atoms with Gasteiger partial charge in [0.2, 0.25) is 0 Å². The standard InChI is InChI=1S/C14H17BrFNO4/c1-9-14(19,4-5-20-9)8-17-13(18)7-21-12-3-2-10(15)6-11(12)16/h2-3,6,9,19H,4-5,7-8H2,1H3,(H,17,18). The lowest BCUT2D eigenvalue weighted by atomic mass is 9.97. The second-order valence-corrected chi connectivity index (χ2v) is 5.92. The third kappa shape index (κ3) is 4.15. The fraction of sp³-hybridized carbons (Fsp3) is 0.500. The molecule has 1 saturated heterocycles. The van der Waals surface area contributed by atoms with Crippen molar-refractivity contribution < 1.29 is 23.8 Å². The summed E-state index contributed by atoms with van der Waals surface area (Å²) in [7, 11) is 0. The first-order chi connectivity index (χ1) is 9.90. The topological polar surface area (TPSA) is 67.8 Å². The molecule has 0 spiro atoms. The van der Waals surface area contributed by atoms with Crippen LogP contribution in [-0.4, -0.2) is 42.5 Å². The molecule has 5 nitrogen and oxygen atoms in total. The Morgan fingerprint density at radius 3 is 3.05 bits per heavy atom. The summed E-state index contributed by atoms with van der Waals surface area (Å²) in [5.41, 5.74) is -1.06. The van der Waals surface area contributed by atoms with Crippen LogP contribution in [0.25, 0.3) is 0 Å². The Morgan fingerprint density at radius 1 is 1.67 bits per heavy atom. The maximum absolute atomic E-state index is 13.5. The predicted molar refractivity (Wildman–Crippen MR) is 77.6 cm³/mol. The molecule has 2 unspecified atom stereocenters. The highest BCUT2D eigenvalue weighted by Crippen LogP contribution is 2.24. The van der Waals surface area contributed by atoms with E-state index in [4.69, 9.17) is 9.47 Å². The molecule has 2 rings (SSSR count). The molecule has 0 radical (unpaired) electrons. The minimum atomic E-state index is -1.06. The SMILES string of the molecule is CC1OCCC1(O)CNC(=O)COc1ccc(Br)cc1F. The summed E-state index contributed by atoms with van der Waals surface area (Å²) < 4.78 is 24.5. The number of benzene rings is 1. The number of nitrogens with one attached hydrogen (secondary N) is 1. The van der Waals surface area contributed by atoms with Crippen molar-refractivity contribution in [1.82, 2.24) is 5.32 Å². The van der Waals surface area contributed by atoms with Crippen molar-refractivity contribution >= 4 is 21.8 Å². The fourth-order valence-electron chi connectivity index (χ4n) is 2.04. The molecular formula is C14H17BrFNO4. The van der Waals surface area contributed by atoms with Crippen molar-refractivity contribution in [3.8, 4) is 5.75 Å². The van der Waals surface area contributed by atoms with E-state index in [1.807, 2.05) is 0 Å². The summed E-state index contributed by atoms with van der Waals surface area (Å²) in [5, 5.41) is 12.8. The van der Waals surface area contributed by atoms with Crippen LogP contribution in [-0.2, 0) is 9.53 Å². The Kier molecular flexibility index (Phi) is 5.18. The number of hydrogen-bond donors (Lipinski definition) is 2. The summed E-state index contributed by atoms with van der Waals surface area (Å²) in [4.78, 5) is 11.7. The van der Waals surface area contributed by atoms with Crippen LogP contribution in [0.3, 0.4) is 0 Å². The number of hydrogen-bond acceptors (Lipinski definition) is 4. The molecule has 0 bridgehead atoms. The zero-order valence-corrected chi connectivity index (χ0v) is 13.2. The van der Waals surface area contributed by atoms with Crippen molar-refractivity contribution in [1.29, 1.82) is 0 Å². The highest BCUT2D eigenvalue weighted by atomic mass is 79.9. The van der Waals surface area contributed by atoms with E-state index in [0.29, 0.717) is 17.5 Å². The second kappa shape index (κ2) is 6.72. The second-order valence-electron chi connectivity index (χ2n) is 5.01. The molecule has 1 aliphatic heterocycles. The molecule has 1 amide bonds. The largest absolute Gasteiger partial charge is 0.481 e. The number of halogens is 2. The van der Waals surface area contributed by atoms with Gasteiger partial charge in [-0.25, -0.2) is 4.39 Å². The molecule has 116 valence electrons. The van der Waals surface area contributed by atoms with Crippen molar-refractivity contribution in [2.24, 2.45) is 0 Å². The first-order valence-electron chi connectivity index (χ1n) is 6.59. The monoisotopic (exact) mass is 361 g/mol. The van der Waals surface area contributed by atoms with Crippen LogP contribution in [0, 0.1) is 5.82 Å². The molecule has 0 aromatic heterocycles. The molecule has 1 heterocycles. The molecule has 1 aromatic rings. The van der Waals surface area contributed by atoms with Crippen LogP contribution in [0.4, 0.5) is 4.39 Å². The average Bonchev–Trinajstić information content (AvgIpc) is 2.76. The van der Waals surface area contributed by atoms with E-state index < -0.39 is 17.3 Å². The number of carbonyl (C=O) groups is 1. The van der Waals surface area contributed by atoms with Crippen molar-refractivity contribution in [2.45, 2.75) is 25.0 Å².